The summed E-state index contributed by atoms with van der Waals surface area (Å²) in [6.45, 7) is 10.3. The van der Waals surface area contributed by atoms with Gasteiger partial charge < -0.3 is 5.11 Å². The molecule has 0 amide bonds. The number of benzene rings is 2. The van der Waals surface area contributed by atoms with Crippen LogP contribution in [0.1, 0.15) is 51.7 Å². The molecule has 0 saturated heterocycles. The van der Waals surface area contributed by atoms with Crippen molar-refractivity contribution in [2.75, 3.05) is 0 Å². The maximum atomic E-state index is 10.8. The van der Waals surface area contributed by atoms with Crippen molar-refractivity contribution < 1.29 is 5.11 Å². The zero-order valence-electron chi connectivity index (χ0n) is 14.1. The van der Waals surface area contributed by atoms with Crippen LogP contribution in [0.3, 0.4) is 0 Å². The molecular weight excluding hydrogens is 268 g/mol. The van der Waals surface area contributed by atoms with Crippen molar-refractivity contribution in [3.05, 3.63) is 70.3 Å². The van der Waals surface area contributed by atoms with Gasteiger partial charge in [0.05, 0.1) is 5.60 Å². The highest BCUT2D eigenvalue weighted by Gasteiger charge is 2.29. The van der Waals surface area contributed by atoms with E-state index in [2.05, 4.69) is 51.1 Å². The maximum absolute atomic E-state index is 10.8. The van der Waals surface area contributed by atoms with Gasteiger partial charge in [0.1, 0.15) is 0 Å². The van der Waals surface area contributed by atoms with E-state index in [1.165, 1.54) is 27.7 Å². The van der Waals surface area contributed by atoms with Crippen molar-refractivity contribution in [1.82, 2.24) is 0 Å². The summed E-state index contributed by atoms with van der Waals surface area (Å²) in [4.78, 5) is 0. The third kappa shape index (κ3) is 2.30. The molecule has 1 atom stereocenters. The Morgan fingerprint density at radius 3 is 2.23 bits per heavy atom. The minimum Gasteiger partial charge on any atom is -0.386 e. The van der Waals surface area contributed by atoms with Crippen LogP contribution in [0, 0.1) is 0 Å². The van der Waals surface area contributed by atoms with Gasteiger partial charge in [-0.25, -0.2) is 0 Å². The summed E-state index contributed by atoms with van der Waals surface area (Å²) in [5.74, 6) is 0.269. The Balaban J connectivity index is 2.32. The molecule has 3 rings (SSSR count). The monoisotopic (exact) mass is 292 g/mol. The van der Waals surface area contributed by atoms with E-state index in [-0.39, 0.29) is 5.92 Å². The van der Waals surface area contributed by atoms with Crippen molar-refractivity contribution in [3.63, 3.8) is 0 Å². The second kappa shape index (κ2) is 5.10. The lowest BCUT2D eigenvalue weighted by Crippen LogP contribution is -2.20. The average molecular weight is 292 g/mol. The van der Waals surface area contributed by atoms with Crippen LogP contribution in [0.25, 0.3) is 10.8 Å². The number of hydrogen-bond donors (Lipinski definition) is 1. The van der Waals surface area contributed by atoms with Crippen molar-refractivity contribution in [1.29, 1.82) is 0 Å². The van der Waals surface area contributed by atoms with Crippen molar-refractivity contribution in [2.24, 2.45) is 0 Å². The molecule has 0 saturated carbocycles. The van der Waals surface area contributed by atoms with Gasteiger partial charge in [-0.3, -0.25) is 0 Å². The quantitative estimate of drug-likeness (QED) is 0.780. The number of rotatable bonds is 2. The van der Waals surface area contributed by atoms with Crippen LogP contribution >= 0.6 is 0 Å². The van der Waals surface area contributed by atoms with Gasteiger partial charge in [0.25, 0.3) is 0 Å². The van der Waals surface area contributed by atoms with E-state index in [4.69, 9.17) is 0 Å². The molecule has 1 aliphatic carbocycles. The van der Waals surface area contributed by atoms with Crippen molar-refractivity contribution in [3.8, 4) is 0 Å². The van der Waals surface area contributed by atoms with Crippen molar-refractivity contribution >= 4 is 10.8 Å². The summed E-state index contributed by atoms with van der Waals surface area (Å²) in [6.07, 6.45) is 2.32. The van der Waals surface area contributed by atoms with E-state index in [1.807, 2.05) is 26.0 Å². The molecule has 0 bridgehead atoms. The normalized spacial score (nSPS) is 19.0. The van der Waals surface area contributed by atoms with Gasteiger partial charge >= 0.3 is 0 Å². The molecule has 22 heavy (non-hydrogen) atoms. The maximum Gasteiger partial charge on any atom is 0.0849 e. The van der Waals surface area contributed by atoms with Crippen LogP contribution < -0.4 is 0 Å². The lowest BCUT2D eigenvalue weighted by Gasteiger charge is -2.27. The molecule has 1 nitrogen and oxygen atoms in total. The van der Waals surface area contributed by atoms with Crippen LogP contribution in [0.15, 0.2) is 59.2 Å². The van der Waals surface area contributed by atoms with Crippen LogP contribution in [0.2, 0.25) is 0 Å². The van der Waals surface area contributed by atoms with E-state index in [0.717, 1.165) is 10.9 Å². The Hall–Kier alpha value is -1.86. The van der Waals surface area contributed by atoms with Gasteiger partial charge in [-0.1, -0.05) is 53.6 Å². The van der Waals surface area contributed by atoms with E-state index >= 15 is 0 Å². The summed E-state index contributed by atoms with van der Waals surface area (Å²) in [7, 11) is 0. The predicted octanol–water partition coefficient (Wildman–Crippen LogP) is 5.45. The number of fused-ring (bicyclic) bond motifs is 1. The highest BCUT2D eigenvalue weighted by atomic mass is 16.3. The summed E-state index contributed by atoms with van der Waals surface area (Å²) in [5.41, 5.74) is 5.51. The fraction of sp³-hybridized carbons (Fsp3) is 0.333. The molecule has 0 aliphatic heterocycles. The molecule has 0 radical (unpaired) electrons. The SMILES string of the molecule is CC1=CC(c2ccc3ccccc3c2C(C)(C)O)C(C)=C1C. The van der Waals surface area contributed by atoms with Crippen LogP contribution in [-0.4, -0.2) is 5.11 Å². The fourth-order valence-corrected chi connectivity index (χ4v) is 3.60. The topological polar surface area (TPSA) is 20.2 Å². The molecule has 114 valence electrons. The molecule has 2 aromatic rings. The first-order valence-corrected chi connectivity index (χ1v) is 7.91. The molecular formula is C21H24O. The third-order valence-electron chi connectivity index (χ3n) is 4.97. The van der Waals surface area contributed by atoms with Gasteiger partial charge in [-0.15, -0.1) is 0 Å². The fourth-order valence-electron chi connectivity index (χ4n) is 3.60. The molecule has 1 heteroatoms. The van der Waals surface area contributed by atoms with Gasteiger partial charge in [0.15, 0.2) is 0 Å². The van der Waals surface area contributed by atoms with E-state index < -0.39 is 5.60 Å². The Kier molecular flexibility index (Phi) is 3.49. The molecule has 1 aliphatic rings. The standard InChI is InChI=1S/C21H24O/c1-13-12-19(15(3)14(13)2)18-11-10-16-8-6-7-9-17(16)20(18)21(4,5)22/h6-12,19,22H,1-5H3. The third-order valence-corrected chi connectivity index (χ3v) is 4.97. The van der Waals surface area contributed by atoms with E-state index in [1.54, 1.807) is 0 Å². The molecule has 0 fully saturated rings. The number of hydrogen-bond acceptors (Lipinski definition) is 1. The Labute approximate surface area is 133 Å². The number of aliphatic hydroxyl groups is 1. The zero-order valence-corrected chi connectivity index (χ0v) is 14.1. The van der Waals surface area contributed by atoms with Crippen LogP contribution in [0.5, 0.6) is 0 Å². The average Bonchev–Trinajstić information content (AvgIpc) is 2.72. The molecule has 1 unspecified atom stereocenters. The Morgan fingerprint density at radius 2 is 1.64 bits per heavy atom. The predicted molar refractivity (Wildman–Crippen MR) is 94.1 cm³/mol. The van der Waals surface area contributed by atoms with E-state index in [9.17, 15) is 5.11 Å². The molecule has 1 N–H and O–H groups in total. The van der Waals surface area contributed by atoms with Gasteiger partial charge in [-0.05, 0) is 62.1 Å². The summed E-state index contributed by atoms with van der Waals surface area (Å²) >= 11 is 0. The van der Waals surface area contributed by atoms with Gasteiger partial charge in [0, 0.05) is 5.92 Å². The molecule has 0 heterocycles. The summed E-state index contributed by atoms with van der Waals surface area (Å²) in [5, 5.41) is 13.1. The first kappa shape index (κ1) is 15.1. The zero-order chi connectivity index (χ0) is 16.1. The highest BCUT2D eigenvalue weighted by molar-refractivity contribution is 5.88. The van der Waals surface area contributed by atoms with Crippen molar-refractivity contribution in [2.45, 2.75) is 46.1 Å². The lowest BCUT2D eigenvalue weighted by molar-refractivity contribution is 0.0792. The molecule has 0 aromatic heterocycles. The van der Waals surface area contributed by atoms with Gasteiger partial charge in [0.2, 0.25) is 0 Å². The van der Waals surface area contributed by atoms with Crippen LogP contribution in [-0.2, 0) is 5.60 Å². The Morgan fingerprint density at radius 1 is 0.955 bits per heavy atom. The molecule has 0 spiro atoms. The lowest BCUT2D eigenvalue weighted by atomic mass is 9.81. The largest absolute Gasteiger partial charge is 0.386 e. The first-order chi connectivity index (χ1) is 10.3. The molecule has 2 aromatic carbocycles. The number of allylic oxidation sites excluding steroid dienone is 4. The smallest absolute Gasteiger partial charge is 0.0849 e. The van der Waals surface area contributed by atoms with Gasteiger partial charge in [-0.2, -0.15) is 0 Å². The van der Waals surface area contributed by atoms with Crippen LogP contribution in [0.4, 0.5) is 0 Å². The minimum atomic E-state index is -0.866. The summed E-state index contributed by atoms with van der Waals surface area (Å²) in [6, 6.07) is 12.7. The first-order valence-electron chi connectivity index (χ1n) is 7.91. The summed E-state index contributed by atoms with van der Waals surface area (Å²) < 4.78 is 0. The second-order valence-corrected chi connectivity index (χ2v) is 6.95. The highest BCUT2D eigenvalue weighted by Crippen LogP contribution is 2.43. The van der Waals surface area contributed by atoms with E-state index in [0.29, 0.717) is 0 Å². The minimum absolute atomic E-state index is 0.269. The Bertz CT molecular complexity index is 800. The second-order valence-electron chi connectivity index (χ2n) is 6.95.